The quantitative estimate of drug-likeness (QED) is 0.750. The maximum atomic E-state index is 13.2. The van der Waals surface area contributed by atoms with Gasteiger partial charge in [0.15, 0.2) is 0 Å². The molecule has 0 aliphatic carbocycles. The van der Waals surface area contributed by atoms with Crippen molar-refractivity contribution in [1.82, 2.24) is 20.0 Å². The Morgan fingerprint density at radius 2 is 1.93 bits per heavy atom. The Labute approximate surface area is 159 Å². The lowest BCUT2D eigenvalue weighted by molar-refractivity contribution is -0.129. The smallest absolute Gasteiger partial charge is 0.261 e. The number of likely N-dealkylation sites (tertiary alicyclic amines) is 1. The molecule has 3 heterocycles. The summed E-state index contributed by atoms with van der Waals surface area (Å²) in [6.07, 6.45) is 2.05. The van der Waals surface area contributed by atoms with Gasteiger partial charge in [-0.1, -0.05) is 0 Å². The average molecular weight is 386 g/mol. The third kappa shape index (κ3) is 3.44. The van der Waals surface area contributed by atoms with E-state index in [1.54, 1.807) is 27.8 Å². The second-order valence-corrected chi connectivity index (χ2v) is 7.60. The first-order chi connectivity index (χ1) is 13.0. The molecule has 1 aromatic carbocycles. The molecular weight excluding hydrogens is 367 g/mol. The third-order valence-corrected chi connectivity index (χ3v) is 5.81. The molecule has 2 aromatic heterocycles. The number of amides is 2. The van der Waals surface area contributed by atoms with Crippen LogP contribution in [0.1, 0.15) is 28.2 Å². The minimum Gasteiger partial charge on any atom is -0.342 e. The molecule has 1 N–H and O–H groups in total. The summed E-state index contributed by atoms with van der Waals surface area (Å²) in [5, 5.41) is 8.08. The number of hydrogen-bond acceptors (Lipinski definition) is 4. The largest absolute Gasteiger partial charge is 0.342 e. The zero-order valence-corrected chi connectivity index (χ0v) is 15.7. The maximum Gasteiger partial charge on any atom is 0.261 e. The van der Waals surface area contributed by atoms with Gasteiger partial charge in [-0.05, 0) is 50.1 Å². The number of fused-ring (bicyclic) bond motifs is 1. The van der Waals surface area contributed by atoms with Gasteiger partial charge in [-0.2, -0.15) is 5.10 Å². The lowest BCUT2D eigenvalue weighted by Gasteiger charge is -2.15. The fourth-order valence-electron chi connectivity index (χ4n) is 3.24. The van der Waals surface area contributed by atoms with E-state index in [2.05, 4.69) is 10.4 Å². The summed E-state index contributed by atoms with van der Waals surface area (Å²) >= 11 is 1.31. The Balaban J connectivity index is 1.54. The molecule has 2 amide bonds. The highest BCUT2D eigenvalue weighted by atomic mass is 32.1. The molecule has 1 fully saturated rings. The van der Waals surface area contributed by atoms with Gasteiger partial charge in [0.05, 0.1) is 22.8 Å². The third-order valence-electron chi connectivity index (χ3n) is 4.70. The van der Waals surface area contributed by atoms with E-state index in [9.17, 15) is 14.0 Å². The van der Waals surface area contributed by atoms with Gasteiger partial charge in [-0.3, -0.25) is 9.59 Å². The van der Waals surface area contributed by atoms with Crippen LogP contribution in [0.2, 0.25) is 0 Å². The number of halogens is 1. The summed E-state index contributed by atoms with van der Waals surface area (Å²) in [6, 6.07) is 7.84. The number of carbonyl (C=O) groups is 2. The molecule has 0 radical (unpaired) electrons. The molecule has 140 valence electrons. The van der Waals surface area contributed by atoms with Crippen molar-refractivity contribution in [3.63, 3.8) is 0 Å². The number of thiophene rings is 1. The van der Waals surface area contributed by atoms with Crippen LogP contribution in [0.25, 0.3) is 15.9 Å². The van der Waals surface area contributed by atoms with Gasteiger partial charge in [-0.15, -0.1) is 11.3 Å². The Bertz CT molecular complexity index is 1000. The molecule has 27 heavy (non-hydrogen) atoms. The van der Waals surface area contributed by atoms with Crippen LogP contribution in [0.5, 0.6) is 0 Å². The van der Waals surface area contributed by atoms with Crippen LogP contribution in [0.15, 0.2) is 30.3 Å². The zero-order chi connectivity index (χ0) is 19.0. The van der Waals surface area contributed by atoms with Gasteiger partial charge in [0.25, 0.3) is 5.91 Å². The summed E-state index contributed by atoms with van der Waals surface area (Å²) in [5.41, 5.74) is 1.52. The number of benzene rings is 1. The van der Waals surface area contributed by atoms with E-state index < -0.39 is 0 Å². The van der Waals surface area contributed by atoms with Crippen molar-refractivity contribution in [3.05, 3.63) is 46.7 Å². The first-order valence-electron chi connectivity index (χ1n) is 8.84. The number of aromatic nitrogens is 2. The molecule has 6 nitrogen and oxygen atoms in total. The predicted molar refractivity (Wildman–Crippen MR) is 102 cm³/mol. The molecule has 0 spiro atoms. The molecule has 0 atom stereocenters. The van der Waals surface area contributed by atoms with E-state index in [4.69, 9.17) is 0 Å². The molecule has 4 rings (SSSR count). The summed E-state index contributed by atoms with van der Waals surface area (Å²) < 4.78 is 14.9. The lowest BCUT2D eigenvalue weighted by Crippen LogP contribution is -2.38. The highest BCUT2D eigenvalue weighted by Crippen LogP contribution is 2.30. The van der Waals surface area contributed by atoms with Gasteiger partial charge in [0.1, 0.15) is 10.6 Å². The highest BCUT2D eigenvalue weighted by molar-refractivity contribution is 7.20. The van der Waals surface area contributed by atoms with Crippen molar-refractivity contribution in [1.29, 1.82) is 0 Å². The molecule has 3 aromatic rings. The van der Waals surface area contributed by atoms with Gasteiger partial charge in [0, 0.05) is 18.5 Å². The van der Waals surface area contributed by atoms with E-state index in [0.29, 0.717) is 4.88 Å². The van der Waals surface area contributed by atoms with Crippen molar-refractivity contribution in [2.24, 2.45) is 0 Å². The molecule has 8 heteroatoms. The topological polar surface area (TPSA) is 67.2 Å². The van der Waals surface area contributed by atoms with Crippen LogP contribution in [-0.4, -0.2) is 46.1 Å². The Morgan fingerprint density at radius 3 is 2.63 bits per heavy atom. The SMILES string of the molecule is Cc1nn(-c2ccc(F)cc2)c2sc(C(=O)NCC(=O)N3CCCC3)cc12. The predicted octanol–water partition coefficient (Wildman–Crippen LogP) is 2.89. The van der Waals surface area contributed by atoms with E-state index in [1.807, 2.05) is 6.92 Å². The van der Waals surface area contributed by atoms with Crippen molar-refractivity contribution < 1.29 is 14.0 Å². The van der Waals surface area contributed by atoms with Gasteiger partial charge >= 0.3 is 0 Å². The number of rotatable bonds is 4. The standard InChI is InChI=1S/C19H19FN4O2S/c1-12-15-10-16(18(26)21-11-17(25)23-8-2-3-9-23)27-19(15)24(22-12)14-6-4-13(20)5-7-14/h4-7,10H,2-3,8-9,11H2,1H3,(H,21,26). The maximum absolute atomic E-state index is 13.2. The van der Waals surface area contributed by atoms with Gasteiger partial charge < -0.3 is 10.2 Å². The van der Waals surface area contributed by atoms with Crippen LogP contribution < -0.4 is 5.32 Å². The second-order valence-electron chi connectivity index (χ2n) is 6.57. The van der Waals surface area contributed by atoms with Crippen molar-refractivity contribution in [2.75, 3.05) is 19.6 Å². The van der Waals surface area contributed by atoms with Crippen molar-refractivity contribution in [3.8, 4) is 5.69 Å². The molecule has 0 unspecified atom stereocenters. The summed E-state index contributed by atoms with van der Waals surface area (Å²) in [4.78, 5) is 27.7. The minimum atomic E-state index is -0.312. The van der Waals surface area contributed by atoms with Gasteiger partial charge in [-0.25, -0.2) is 9.07 Å². The monoisotopic (exact) mass is 386 g/mol. The van der Waals surface area contributed by atoms with E-state index in [1.165, 1.54) is 23.5 Å². The lowest BCUT2D eigenvalue weighted by atomic mass is 10.3. The fraction of sp³-hybridized carbons (Fsp3) is 0.316. The summed E-state index contributed by atoms with van der Waals surface area (Å²) in [5.74, 6) is -0.628. The van der Waals surface area contributed by atoms with Crippen LogP contribution >= 0.6 is 11.3 Å². The highest BCUT2D eigenvalue weighted by Gasteiger charge is 2.20. The van der Waals surface area contributed by atoms with Crippen LogP contribution in [0.4, 0.5) is 4.39 Å². The first-order valence-corrected chi connectivity index (χ1v) is 9.65. The number of aryl methyl sites for hydroxylation is 1. The first kappa shape index (κ1) is 17.7. The summed E-state index contributed by atoms with van der Waals surface area (Å²) in [7, 11) is 0. The second kappa shape index (κ2) is 7.11. The molecule has 1 saturated heterocycles. The molecule has 1 aliphatic rings. The zero-order valence-electron chi connectivity index (χ0n) is 14.9. The fourth-order valence-corrected chi connectivity index (χ4v) is 4.34. The van der Waals surface area contributed by atoms with Crippen LogP contribution in [0, 0.1) is 12.7 Å². The number of carbonyl (C=O) groups excluding carboxylic acids is 2. The Hall–Kier alpha value is -2.74. The molecule has 0 bridgehead atoms. The Kier molecular flexibility index (Phi) is 4.65. The van der Waals surface area contributed by atoms with Gasteiger partial charge in [0.2, 0.25) is 5.91 Å². The van der Waals surface area contributed by atoms with Crippen LogP contribution in [-0.2, 0) is 4.79 Å². The van der Waals surface area contributed by atoms with Crippen LogP contribution in [0.3, 0.4) is 0 Å². The number of hydrogen-bond donors (Lipinski definition) is 1. The molecular formula is C19H19FN4O2S. The van der Waals surface area contributed by atoms with E-state index >= 15 is 0 Å². The summed E-state index contributed by atoms with van der Waals surface area (Å²) in [6.45, 7) is 3.42. The van der Waals surface area contributed by atoms with Crippen molar-refractivity contribution in [2.45, 2.75) is 19.8 Å². The van der Waals surface area contributed by atoms with Crippen molar-refractivity contribution >= 4 is 33.4 Å². The number of nitrogens with zero attached hydrogens (tertiary/aromatic N) is 3. The average Bonchev–Trinajstić information content (AvgIpc) is 3.39. The van der Waals surface area contributed by atoms with E-state index in [0.717, 1.165) is 47.5 Å². The molecule has 0 saturated carbocycles. The Morgan fingerprint density at radius 1 is 1.22 bits per heavy atom. The normalized spacial score (nSPS) is 14.1. The van der Waals surface area contributed by atoms with E-state index in [-0.39, 0.29) is 24.2 Å². The minimum absolute atomic E-state index is 0.0101. The molecule has 1 aliphatic heterocycles. The number of nitrogens with one attached hydrogen (secondary N) is 1.